The fraction of sp³-hybridized carbons (Fsp3) is 0.278. The summed E-state index contributed by atoms with van der Waals surface area (Å²) in [6.45, 7) is 2.96. The van der Waals surface area contributed by atoms with Crippen LogP contribution in [0.15, 0.2) is 30.3 Å². The van der Waals surface area contributed by atoms with Crippen molar-refractivity contribution in [3.05, 3.63) is 62.9 Å². The number of aryl methyl sites for hydroxylation is 1. The summed E-state index contributed by atoms with van der Waals surface area (Å²) in [5, 5.41) is 10.2. The average Bonchev–Trinajstić information content (AvgIpc) is 2.99. The summed E-state index contributed by atoms with van der Waals surface area (Å²) in [4.78, 5) is 13.4. The van der Waals surface area contributed by atoms with Crippen LogP contribution in [0.2, 0.25) is 10.0 Å². The van der Waals surface area contributed by atoms with E-state index in [-0.39, 0.29) is 11.5 Å². The topological polar surface area (TPSA) is 40.5 Å². The molecule has 0 bridgehead atoms. The van der Waals surface area contributed by atoms with Crippen molar-refractivity contribution in [3.8, 4) is 0 Å². The number of carboxylic acid groups (broad SMARTS) is 1. The van der Waals surface area contributed by atoms with E-state index in [9.17, 15) is 14.3 Å². The van der Waals surface area contributed by atoms with E-state index in [1.807, 2.05) is 6.07 Å². The Hall–Kier alpha value is -1.78. The molecule has 1 fully saturated rings. The molecule has 1 aliphatic rings. The highest BCUT2D eigenvalue weighted by Crippen LogP contribution is 2.35. The summed E-state index contributed by atoms with van der Waals surface area (Å²) < 4.78 is 14.6. The van der Waals surface area contributed by atoms with Gasteiger partial charge in [-0.25, -0.2) is 9.18 Å². The lowest BCUT2D eigenvalue weighted by Gasteiger charge is -2.20. The first kappa shape index (κ1) is 17.1. The van der Waals surface area contributed by atoms with Crippen molar-refractivity contribution in [2.75, 3.05) is 18.0 Å². The molecule has 0 saturated carbocycles. The van der Waals surface area contributed by atoms with E-state index in [4.69, 9.17) is 23.2 Å². The predicted octanol–water partition coefficient (Wildman–Crippen LogP) is 5.13. The molecule has 1 saturated heterocycles. The molecular formula is C18H16Cl2FNO2. The van der Waals surface area contributed by atoms with Gasteiger partial charge in [0.15, 0.2) is 0 Å². The first-order chi connectivity index (χ1) is 11.4. The third-order valence-electron chi connectivity index (χ3n) is 4.49. The first-order valence-corrected chi connectivity index (χ1v) is 8.36. The van der Waals surface area contributed by atoms with Gasteiger partial charge >= 0.3 is 5.97 Å². The number of hydrogen-bond acceptors (Lipinski definition) is 2. The van der Waals surface area contributed by atoms with Crippen molar-refractivity contribution in [3.63, 3.8) is 0 Å². The highest BCUT2D eigenvalue weighted by atomic mass is 35.5. The van der Waals surface area contributed by atoms with Crippen LogP contribution in [0.5, 0.6) is 0 Å². The van der Waals surface area contributed by atoms with E-state index in [0.717, 1.165) is 18.7 Å². The molecule has 126 valence electrons. The maximum Gasteiger partial charge on any atom is 0.338 e. The molecule has 0 aromatic heterocycles. The van der Waals surface area contributed by atoms with Crippen LogP contribution in [-0.4, -0.2) is 24.2 Å². The minimum atomic E-state index is -1.23. The predicted molar refractivity (Wildman–Crippen MR) is 94.1 cm³/mol. The highest BCUT2D eigenvalue weighted by molar-refractivity contribution is 6.42. The van der Waals surface area contributed by atoms with E-state index in [2.05, 4.69) is 4.90 Å². The van der Waals surface area contributed by atoms with E-state index in [1.165, 1.54) is 0 Å². The molecule has 3 rings (SSSR count). The molecule has 0 radical (unpaired) electrons. The van der Waals surface area contributed by atoms with Gasteiger partial charge in [0, 0.05) is 24.7 Å². The fourth-order valence-electron chi connectivity index (χ4n) is 3.20. The van der Waals surface area contributed by atoms with Crippen LogP contribution in [0.3, 0.4) is 0 Å². The van der Waals surface area contributed by atoms with Crippen LogP contribution in [0, 0.1) is 12.7 Å². The number of aromatic carboxylic acids is 1. The van der Waals surface area contributed by atoms with Crippen LogP contribution in [0.25, 0.3) is 0 Å². The molecule has 2 aromatic rings. The summed E-state index contributed by atoms with van der Waals surface area (Å²) in [6.07, 6.45) is 0.749. The fourth-order valence-corrected chi connectivity index (χ4v) is 3.49. The van der Waals surface area contributed by atoms with Crippen LogP contribution >= 0.6 is 23.2 Å². The molecule has 1 heterocycles. The number of nitrogens with zero attached hydrogens (tertiary/aromatic N) is 1. The number of carboxylic acids is 1. The maximum absolute atomic E-state index is 14.6. The second-order valence-electron chi connectivity index (χ2n) is 6.00. The standard InChI is InChI=1S/C18H16Cl2FNO2/c1-10-2-4-13(17(21)16(10)18(23)24)11-6-7-22(9-11)12-3-5-14(19)15(20)8-12/h2-5,8,11H,6-7,9H2,1H3,(H,23,24). The Balaban J connectivity index is 1.87. The number of halogens is 3. The van der Waals surface area contributed by atoms with Gasteiger partial charge in [-0.15, -0.1) is 0 Å². The van der Waals surface area contributed by atoms with Gasteiger partial charge in [-0.05, 0) is 42.7 Å². The number of rotatable bonds is 3. The van der Waals surface area contributed by atoms with Crippen molar-refractivity contribution in [1.82, 2.24) is 0 Å². The Kier molecular flexibility index (Phi) is 4.70. The van der Waals surface area contributed by atoms with Crippen molar-refractivity contribution in [1.29, 1.82) is 0 Å². The summed E-state index contributed by atoms with van der Waals surface area (Å²) in [5.41, 5.74) is 1.59. The third kappa shape index (κ3) is 3.08. The molecule has 1 atom stereocenters. The molecule has 0 amide bonds. The van der Waals surface area contributed by atoms with Crippen molar-refractivity contribution >= 4 is 34.9 Å². The zero-order valence-electron chi connectivity index (χ0n) is 13.0. The van der Waals surface area contributed by atoms with Gasteiger partial charge in [-0.1, -0.05) is 35.3 Å². The molecule has 2 aromatic carbocycles. The number of carbonyl (C=O) groups is 1. The van der Waals surface area contributed by atoms with Crippen LogP contribution < -0.4 is 4.90 Å². The highest BCUT2D eigenvalue weighted by Gasteiger charge is 2.29. The molecule has 0 spiro atoms. The van der Waals surface area contributed by atoms with Crippen LogP contribution in [0.1, 0.15) is 33.8 Å². The molecule has 1 unspecified atom stereocenters. The largest absolute Gasteiger partial charge is 0.478 e. The van der Waals surface area contributed by atoms with Crippen molar-refractivity contribution < 1.29 is 14.3 Å². The zero-order chi connectivity index (χ0) is 17.4. The molecule has 0 aliphatic carbocycles. The lowest BCUT2D eigenvalue weighted by Crippen LogP contribution is -2.19. The lowest BCUT2D eigenvalue weighted by molar-refractivity contribution is 0.0690. The summed E-state index contributed by atoms with van der Waals surface area (Å²) in [7, 11) is 0. The lowest BCUT2D eigenvalue weighted by atomic mass is 9.93. The zero-order valence-corrected chi connectivity index (χ0v) is 14.5. The second-order valence-corrected chi connectivity index (χ2v) is 6.81. The Bertz CT molecular complexity index is 810. The van der Waals surface area contributed by atoms with E-state index >= 15 is 0 Å². The quantitative estimate of drug-likeness (QED) is 0.816. The Labute approximate surface area is 149 Å². The molecular weight excluding hydrogens is 352 g/mol. The summed E-state index contributed by atoms with van der Waals surface area (Å²) >= 11 is 12.0. The van der Waals surface area contributed by atoms with Gasteiger partial charge in [-0.3, -0.25) is 0 Å². The molecule has 1 aliphatic heterocycles. The molecule has 24 heavy (non-hydrogen) atoms. The Morgan fingerprint density at radius 3 is 2.67 bits per heavy atom. The summed E-state index contributed by atoms with van der Waals surface area (Å²) in [5.74, 6) is -1.91. The van der Waals surface area contributed by atoms with Crippen molar-refractivity contribution in [2.24, 2.45) is 0 Å². The minimum absolute atomic E-state index is 0.0573. The van der Waals surface area contributed by atoms with Gasteiger partial charge in [0.2, 0.25) is 0 Å². The van der Waals surface area contributed by atoms with E-state index in [0.29, 0.717) is 27.7 Å². The van der Waals surface area contributed by atoms with Gasteiger partial charge in [0.05, 0.1) is 15.6 Å². The van der Waals surface area contributed by atoms with Crippen molar-refractivity contribution in [2.45, 2.75) is 19.3 Å². The Morgan fingerprint density at radius 1 is 1.25 bits per heavy atom. The number of benzene rings is 2. The monoisotopic (exact) mass is 367 g/mol. The SMILES string of the molecule is Cc1ccc(C2CCN(c3ccc(Cl)c(Cl)c3)C2)c(F)c1C(=O)O. The number of hydrogen-bond donors (Lipinski definition) is 1. The maximum atomic E-state index is 14.6. The Morgan fingerprint density at radius 2 is 2.00 bits per heavy atom. The van der Waals surface area contributed by atoms with E-state index in [1.54, 1.807) is 31.2 Å². The van der Waals surface area contributed by atoms with Gasteiger partial charge in [-0.2, -0.15) is 0 Å². The van der Waals surface area contributed by atoms with Crippen LogP contribution in [0.4, 0.5) is 10.1 Å². The molecule has 6 heteroatoms. The first-order valence-electron chi connectivity index (χ1n) is 7.60. The van der Waals surface area contributed by atoms with Gasteiger partial charge in [0.25, 0.3) is 0 Å². The van der Waals surface area contributed by atoms with E-state index < -0.39 is 11.8 Å². The normalized spacial score (nSPS) is 17.3. The third-order valence-corrected chi connectivity index (χ3v) is 5.23. The van der Waals surface area contributed by atoms with Crippen LogP contribution in [-0.2, 0) is 0 Å². The smallest absolute Gasteiger partial charge is 0.338 e. The second kappa shape index (κ2) is 6.61. The molecule has 1 N–H and O–H groups in total. The molecule has 3 nitrogen and oxygen atoms in total. The minimum Gasteiger partial charge on any atom is -0.478 e. The summed E-state index contributed by atoms with van der Waals surface area (Å²) in [6, 6.07) is 8.77. The van der Waals surface area contributed by atoms with Gasteiger partial charge in [0.1, 0.15) is 5.82 Å². The number of anilines is 1. The average molecular weight is 368 g/mol. The van der Waals surface area contributed by atoms with Gasteiger partial charge < -0.3 is 10.0 Å².